The molecule has 0 amide bonds. The Morgan fingerprint density at radius 1 is 1.21 bits per heavy atom. The largest absolute Gasteiger partial charge is 0.496 e. The van der Waals surface area contributed by atoms with Crippen molar-refractivity contribution in [1.82, 2.24) is 0 Å². The second kappa shape index (κ2) is 8.08. The number of methoxy groups -OCH3 is 2. The number of hydrogen-bond donors (Lipinski definition) is 1. The fourth-order valence-corrected chi connectivity index (χ4v) is 1.91. The zero-order valence-corrected chi connectivity index (χ0v) is 13.1. The van der Waals surface area contributed by atoms with Gasteiger partial charge in [-0.2, -0.15) is 0 Å². The average molecular weight is 286 g/mol. The number of ether oxygens (including phenoxy) is 2. The van der Waals surface area contributed by atoms with Gasteiger partial charge in [0.25, 0.3) is 0 Å². The average Bonchev–Trinajstić information content (AvgIpc) is 2.29. The second-order valence-corrected chi connectivity index (χ2v) is 4.81. The Labute approximate surface area is 122 Å². The normalized spacial score (nSPS) is 11.3. The maximum atomic E-state index is 5.85. The molecule has 0 fully saturated rings. The first kappa shape index (κ1) is 17.8. The molecular formula is C15H24ClNO2. The molecule has 0 aliphatic carbocycles. The molecule has 4 heteroatoms. The van der Waals surface area contributed by atoms with E-state index in [4.69, 9.17) is 15.2 Å². The summed E-state index contributed by atoms with van der Waals surface area (Å²) in [6.07, 6.45) is 2.85. The highest BCUT2D eigenvalue weighted by atomic mass is 35.5. The molecule has 0 aromatic heterocycles. The molecule has 1 aromatic carbocycles. The summed E-state index contributed by atoms with van der Waals surface area (Å²) in [7, 11) is 3.36. The van der Waals surface area contributed by atoms with Gasteiger partial charge in [-0.1, -0.05) is 11.6 Å². The lowest BCUT2D eigenvalue weighted by molar-refractivity contribution is 0.397. The van der Waals surface area contributed by atoms with Gasteiger partial charge in [-0.3, -0.25) is 0 Å². The van der Waals surface area contributed by atoms with Crippen molar-refractivity contribution >= 4 is 18.5 Å². The van der Waals surface area contributed by atoms with Crippen molar-refractivity contribution in [1.29, 1.82) is 0 Å². The van der Waals surface area contributed by atoms with Crippen molar-refractivity contribution in [2.24, 2.45) is 5.73 Å². The quantitative estimate of drug-likeness (QED) is 0.901. The van der Waals surface area contributed by atoms with Gasteiger partial charge in [0.05, 0.1) is 14.2 Å². The number of nitrogens with two attached hydrogens (primary N) is 1. The number of rotatable bonds is 5. The molecule has 1 aromatic rings. The Morgan fingerprint density at radius 3 is 2.21 bits per heavy atom. The van der Waals surface area contributed by atoms with E-state index >= 15 is 0 Å². The van der Waals surface area contributed by atoms with Crippen LogP contribution in [-0.4, -0.2) is 20.3 Å². The van der Waals surface area contributed by atoms with Crippen LogP contribution in [0.4, 0.5) is 0 Å². The highest BCUT2D eigenvalue weighted by Gasteiger charge is 2.11. The van der Waals surface area contributed by atoms with Crippen LogP contribution >= 0.6 is 12.4 Å². The van der Waals surface area contributed by atoms with Crippen molar-refractivity contribution in [3.63, 3.8) is 0 Å². The van der Waals surface area contributed by atoms with Crippen LogP contribution in [0.5, 0.6) is 11.5 Å². The zero-order chi connectivity index (χ0) is 13.7. The lowest BCUT2D eigenvalue weighted by atomic mass is 10.0. The van der Waals surface area contributed by atoms with E-state index in [9.17, 15) is 0 Å². The molecule has 0 aliphatic rings. The summed E-state index contributed by atoms with van der Waals surface area (Å²) in [5.41, 5.74) is 9.18. The fourth-order valence-electron chi connectivity index (χ4n) is 1.91. The van der Waals surface area contributed by atoms with Crippen LogP contribution in [0.25, 0.3) is 6.08 Å². The Balaban J connectivity index is 0.00000324. The van der Waals surface area contributed by atoms with Gasteiger partial charge in [-0.05, 0) is 44.9 Å². The van der Waals surface area contributed by atoms with E-state index in [1.165, 1.54) is 5.57 Å². The predicted octanol–water partition coefficient (Wildman–Crippen LogP) is 3.44. The third kappa shape index (κ3) is 5.13. The third-order valence-corrected chi connectivity index (χ3v) is 2.62. The molecule has 1 unspecified atom stereocenters. The maximum absolute atomic E-state index is 5.85. The molecule has 0 spiro atoms. The van der Waals surface area contributed by atoms with Crippen LogP contribution in [0.3, 0.4) is 0 Å². The molecule has 0 bridgehead atoms. The minimum atomic E-state index is 0. The van der Waals surface area contributed by atoms with Crippen molar-refractivity contribution < 1.29 is 9.47 Å². The molecular weight excluding hydrogens is 262 g/mol. The predicted molar refractivity (Wildman–Crippen MR) is 83.5 cm³/mol. The van der Waals surface area contributed by atoms with Gasteiger partial charge in [0, 0.05) is 11.6 Å². The molecule has 3 nitrogen and oxygen atoms in total. The fraction of sp³-hybridized carbons (Fsp3) is 0.467. The van der Waals surface area contributed by atoms with E-state index in [1.807, 2.05) is 19.1 Å². The van der Waals surface area contributed by atoms with Gasteiger partial charge in [-0.15, -0.1) is 12.4 Å². The molecule has 0 saturated carbocycles. The lowest BCUT2D eigenvalue weighted by Gasteiger charge is -2.15. The zero-order valence-electron chi connectivity index (χ0n) is 12.3. The summed E-state index contributed by atoms with van der Waals surface area (Å²) in [5, 5.41) is 0. The summed E-state index contributed by atoms with van der Waals surface area (Å²) in [6.45, 7) is 6.10. The van der Waals surface area contributed by atoms with Crippen LogP contribution in [-0.2, 0) is 6.42 Å². The molecule has 0 saturated heterocycles. The first-order valence-electron chi connectivity index (χ1n) is 6.13. The van der Waals surface area contributed by atoms with E-state index in [0.717, 1.165) is 29.0 Å². The van der Waals surface area contributed by atoms with Crippen LogP contribution in [0.15, 0.2) is 17.7 Å². The van der Waals surface area contributed by atoms with Crippen molar-refractivity contribution in [2.45, 2.75) is 33.2 Å². The monoisotopic (exact) mass is 285 g/mol. The minimum Gasteiger partial charge on any atom is -0.496 e. The SMILES string of the molecule is COc1cc(CC(C)N)c(OC)cc1C=C(C)C.Cl. The molecule has 0 aliphatic heterocycles. The topological polar surface area (TPSA) is 44.5 Å². The Bertz CT molecular complexity index is 438. The first-order valence-corrected chi connectivity index (χ1v) is 6.13. The van der Waals surface area contributed by atoms with Gasteiger partial charge in [0.15, 0.2) is 0 Å². The van der Waals surface area contributed by atoms with E-state index < -0.39 is 0 Å². The van der Waals surface area contributed by atoms with Crippen LogP contribution < -0.4 is 15.2 Å². The van der Waals surface area contributed by atoms with Crippen molar-refractivity contribution in [3.8, 4) is 11.5 Å². The highest BCUT2D eigenvalue weighted by Crippen LogP contribution is 2.31. The highest BCUT2D eigenvalue weighted by molar-refractivity contribution is 5.85. The number of hydrogen-bond acceptors (Lipinski definition) is 3. The molecule has 0 heterocycles. The minimum absolute atomic E-state index is 0. The molecule has 108 valence electrons. The van der Waals surface area contributed by atoms with E-state index in [-0.39, 0.29) is 18.4 Å². The van der Waals surface area contributed by atoms with Gasteiger partial charge in [0.1, 0.15) is 11.5 Å². The van der Waals surface area contributed by atoms with Gasteiger partial charge in [0.2, 0.25) is 0 Å². The Morgan fingerprint density at radius 2 is 1.79 bits per heavy atom. The third-order valence-electron chi connectivity index (χ3n) is 2.62. The number of allylic oxidation sites excluding steroid dienone is 1. The van der Waals surface area contributed by atoms with Crippen LogP contribution in [0.1, 0.15) is 31.9 Å². The van der Waals surface area contributed by atoms with Gasteiger partial charge in [-0.25, -0.2) is 0 Å². The Kier molecular flexibility index (Phi) is 7.57. The summed E-state index contributed by atoms with van der Waals surface area (Å²) in [5.74, 6) is 1.72. The molecule has 1 rings (SSSR count). The Hall–Kier alpha value is -1.19. The van der Waals surface area contributed by atoms with Crippen molar-refractivity contribution in [2.75, 3.05) is 14.2 Å². The van der Waals surface area contributed by atoms with Gasteiger partial charge < -0.3 is 15.2 Å². The van der Waals surface area contributed by atoms with E-state index in [0.29, 0.717) is 0 Å². The standard InChI is InChI=1S/C15H23NO2.ClH/c1-10(2)6-12-8-15(18-5)13(7-11(3)16)9-14(12)17-4;/h6,8-9,11H,7,16H2,1-5H3;1H. The molecule has 1 atom stereocenters. The second-order valence-electron chi connectivity index (χ2n) is 4.81. The number of benzene rings is 1. The number of halogens is 1. The molecule has 2 N–H and O–H groups in total. The molecule has 0 radical (unpaired) electrons. The van der Waals surface area contributed by atoms with Crippen LogP contribution in [0.2, 0.25) is 0 Å². The first-order chi connectivity index (χ1) is 8.47. The van der Waals surface area contributed by atoms with Crippen LogP contribution in [0, 0.1) is 0 Å². The summed E-state index contributed by atoms with van der Waals surface area (Å²) < 4.78 is 10.9. The van der Waals surface area contributed by atoms with E-state index in [2.05, 4.69) is 19.9 Å². The summed E-state index contributed by atoms with van der Waals surface area (Å²) in [4.78, 5) is 0. The lowest BCUT2D eigenvalue weighted by Crippen LogP contribution is -2.18. The summed E-state index contributed by atoms with van der Waals surface area (Å²) >= 11 is 0. The van der Waals surface area contributed by atoms with Gasteiger partial charge >= 0.3 is 0 Å². The molecule has 19 heavy (non-hydrogen) atoms. The summed E-state index contributed by atoms with van der Waals surface area (Å²) in [6, 6.07) is 4.11. The van der Waals surface area contributed by atoms with E-state index in [1.54, 1.807) is 14.2 Å². The smallest absolute Gasteiger partial charge is 0.126 e. The maximum Gasteiger partial charge on any atom is 0.126 e. The van der Waals surface area contributed by atoms with Crippen molar-refractivity contribution in [3.05, 3.63) is 28.8 Å².